The molecule has 0 fully saturated rings. The number of ether oxygens (including phenoxy) is 1. The first-order valence-electron chi connectivity index (χ1n) is 8.55. The van der Waals surface area contributed by atoms with Crippen LogP contribution < -0.4 is 10.6 Å². The Morgan fingerprint density at radius 3 is 2.00 bits per heavy atom. The number of alkyl carbamates (subject to hydrolysis) is 1. The SMILES string of the molecule is COC(=O)NC(=N)c1ccc(-c2ccc(C(=O)NCCCC(=O)O)cc2)cc1. The second-order valence-corrected chi connectivity index (χ2v) is 5.90. The van der Waals surface area contributed by atoms with Crippen LogP contribution in [0.25, 0.3) is 11.1 Å². The molecule has 0 radical (unpaired) electrons. The van der Waals surface area contributed by atoms with E-state index >= 15 is 0 Å². The quantitative estimate of drug-likeness (QED) is 0.332. The standard InChI is InChI=1S/C20H21N3O5/c1-28-20(27)23-18(21)15-8-4-13(5-9-15)14-6-10-16(11-7-14)19(26)22-12-2-3-17(24)25/h4-11H,2-3,12H2,1H3,(H,22,26)(H,24,25)(H2,21,23,27). The molecule has 146 valence electrons. The number of carbonyl (C=O) groups is 3. The maximum Gasteiger partial charge on any atom is 0.412 e. The molecule has 0 spiro atoms. The molecule has 0 bridgehead atoms. The van der Waals surface area contributed by atoms with E-state index in [-0.39, 0.29) is 18.2 Å². The number of carboxylic acids is 1. The van der Waals surface area contributed by atoms with E-state index in [9.17, 15) is 14.4 Å². The predicted octanol–water partition coefficient (Wildman–Crippen LogP) is 2.63. The summed E-state index contributed by atoms with van der Waals surface area (Å²) in [5.41, 5.74) is 2.80. The third-order valence-corrected chi connectivity index (χ3v) is 3.92. The zero-order valence-electron chi connectivity index (χ0n) is 15.3. The molecular formula is C20H21N3O5. The normalized spacial score (nSPS) is 10.0. The first-order chi connectivity index (χ1) is 13.4. The van der Waals surface area contributed by atoms with Crippen LogP contribution in [0.3, 0.4) is 0 Å². The summed E-state index contributed by atoms with van der Waals surface area (Å²) in [5, 5.41) is 21.4. The second-order valence-electron chi connectivity index (χ2n) is 5.90. The van der Waals surface area contributed by atoms with E-state index in [4.69, 9.17) is 10.5 Å². The van der Waals surface area contributed by atoms with Gasteiger partial charge in [-0.1, -0.05) is 36.4 Å². The molecule has 0 saturated carbocycles. The van der Waals surface area contributed by atoms with E-state index in [1.807, 2.05) is 12.1 Å². The number of carbonyl (C=O) groups excluding carboxylic acids is 2. The van der Waals surface area contributed by atoms with Crippen molar-refractivity contribution in [3.63, 3.8) is 0 Å². The number of aliphatic carboxylic acids is 1. The lowest BCUT2D eigenvalue weighted by Gasteiger charge is -2.08. The third kappa shape index (κ3) is 5.94. The number of benzene rings is 2. The van der Waals surface area contributed by atoms with Gasteiger partial charge < -0.3 is 15.2 Å². The van der Waals surface area contributed by atoms with Crippen LogP contribution in [0.4, 0.5) is 4.79 Å². The fourth-order valence-electron chi connectivity index (χ4n) is 2.41. The molecule has 2 amide bonds. The van der Waals surface area contributed by atoms with Gasteiger partial charge in [-0.25, -0.2) is 4.79 Å². The fraction of sp³-hybridized carbons (Fsp3) is 0.200. The molecule has 0 aromatic heterocycles. The van der Waals surface area contributed by atoms with E-state index in [0.717, 1.165) is 11.1 Å². The van der Waals surface area contributed by atoms with Crippen molar-refractivity contribution in [2.45, 2.75) is 12.8 Å². The summed E-state index contributed by atoms with van der Waals surface area (Å²) in [6.07, 6.45) is -0.307. The molecule has 0 saturated heterocycles. The summed E-state index contributed by atoms with van der Waals surface area (Å²) >= 11 is 0. The first kappa shape index (κ1) is 20.6. The Hall–Kier alpha value is -3.68. The van der Waals surface area contributed by atoms with Gasteiger partial charge in [-0.2, -0.15) is 0 Å². The van der Waals surface area contributed by atoms with E-state index in [2.05, 4.69) is 15.4 Å². The van der Waals surface area contributed by atoms with Crippen molar-refractivity contribution >= 4 is 23.8 Å². The molecule has 0 atom stereocenters. The molecule has 4 N–H and O–H groups in total. The topological polar surface area (TPSA) is 129 Å². The molecule has 0 aliphatic heterocycles. The zero-order chi connectivity index (χ0) is 20.5. The second kappa shape index (κ2) is 9.86. The van der Waals surface area contributed by atoms with E-state index < -0.39 is 12.1 Å². The van der Waals surface area contributed by atoms with Gasteiger partial charge in [0.2, 0.25) is 0 Å². The lowest BCUT2D eigenvalue weighted by molar-refractivity contribution is -0.137. The molecular weight excluding hydrogens is 362 g/mol. The Balaban J connectivity index is 1.97. The first-order valence-corrected chi connectivity index (χ1v) is 8.55. The van der Waals surface area contributed by atoms with E-state index in [0.29, 0.717) is 24.1 Å². The van der Waals surface area contributed by atoms with Gasteiger partial charge in [0.15, 0.2) is 0 Å². The van der Waals surface area contributed by atoms with Crippen LogP contribution in [-0.4, -0.2) is 42.6 Å². The molecule has 2 aromatic carbocycles. The number of hydrogen-bond acceptors (Lipinski definition) is 5. The van der Waals surface area contributed by atoms with Crippen LogP contribution in [0.2, 0.25) is 0 Å². The number of amidine groups is 1. The lowest BCUT2D eigenvalue weighted by Crippen LogP contribution is -2.30. The summed E-state index contributed by atoms with van der Waals surface area (Å²) in [7, 11) is 1.23. The summed E-state index contributed by atoms with van der Waals surface area (Å²) in [6.45, 7) is 0.305. The molecule has 0 aliphatic rings. The highest BCUT2D eigenvalue weighted by atomic mass is 16.5. The molecule has 0 aliphatic carbocycles. The number of hydrogen-bond donors (Lipinski definition) is 4. The number of carboxylic acid groups (broad SMARTS) is 1. The highest BCUT2D eigenvalue weighted by molar-refractivity contribution is 6.04. The molecule has 0 unspecified atom stereocenters. The Morgan fingerprint density at radius 1 is 0.964 bits per heavy atom. The molecule has 2 aromatic rings. The van der Waals surface area contributed by atoms with Gasteiger partial charge in [0, 0.05) is 24.1 Å². The Morgan fingerprint density at radius 2 is 1.50 bits per heavy atom. The average molecular weight is 383 g/mol. The molecule has 2 rings (SSSR count). The smallest absolute Gasteiger partial charge is 0.412 e. The largest absolute Gasteiger partial charge is 0.481 e. The van der Waals surface area contributed by atoms with Crippen molar-refractivity contribution < 1.29 is 24.2 Å². The summed E-state index contributed by atoms with van der Waals surface area (Å²) in [5.74, 6) is -1.20. The van der Waals surface area contributed by atoms with Crippen molar-refractivity contribution in [2.24, 2.45) is 0 Å². The van der Waals surface area contributed by atoms with Crippen molar-refractivity contribution in [3.8, 4) is 11.1 Å². The van der Waals surface area contributed by atoms with Gasteiger partial charge in [-0.15, -0.1) is 0 Å². The minimum atomic E-state index is -0.888. The molecule has 28 heavy (non-hydrogen) atoms. The van der Waals surface area contributed by atoms with Gasteiger partial charge in [0.05, 0.1) is 7.11 Å². The number of nitrogens with one attached hydrogen (secondary N) is 3. The van der Waals surface area contributed by atoms with Gasteiger partial charge in [0.1, 0.15) is 5.84 Å². The fourth-order valence-corrected chi connectivity index (χ4v) is 2.41. The van der Waals surface area contributed by atoms with Gasteiger partial charge >= 0.3 is 12.1 Å². The van der Waals surface area contributed by atoms with Gasteiger partial charge in [-0.3, -0.25) is 20.3 Å². The van der Waals surface area contributed by atoms with Crippen molar-refractivity contribution in [1.82, 2.24) is 10.6 Å². The predicted molar refractivity (Wildman–Crippen MR) is 103 cm³/mol. The lowest BCUT2D eigenvalue weighted by atomic mass is 10.0. The van der Waals surface area contributed by atoms with E-state index in [1.165, 1.54) is 7.11 Å². The van der Waals surface area contributed by atoms with Crippen LogP contribution in [0.1, 0.15) is 28.8 Å². The summed E-state index contributed by atoms with van der Waals surface area (Å²) < 4.78 is 4.46. The van der Waals surface area contributed by atoms with Crippen LogP contribution in [-0.2, 0) is 9.53 Å². The van der Waals surface area contributed by atoms with Crippen molar-refractivity contribution in [2.75, 3.05) is 13.7 Å². The number of rotatable bonds is 7. The third-order valence-electron chi connectivity index (χ3n) is 3.92. The minimum absolute atomic E-state index is 0.0157. The molecule has 0 heterocycles. The molecule has 8 heteroatoms. The summed E-state index contributed by atoms with van der Waals surface area (Å²) in [4.78, 5) is 33.7. The van der Waals surface area contributed by atoms with Gasteiger partial charge in [-0.05, 0) is 29.7 Å². The van der Waals surface area contributed by atoms with Crippen molar-refractivity contribution in [3.05, 3.63) is 59.7 Å². The number of amides is 2. The van der Waals surface area contributed by atoms with Crippen LogP contribution in [0.5, 0.6) is 0 Å². The average Bonchev–Trinajstić information content (AvgIpc) is 2.71. The highest BCUT2D eigenvalue weighted by Crippen LogP contribution is 2.20. The number of methoxy groups -OCH3 is 1. The highest BCUT2D eigenvalue weighted by Gasteiger charge is 2.08. The maximum atomic E-state index is 12.0. The monoisotopic (exact) mass is 383 g/mol. The van der Waals surface area contributed by atoms with Crippen LogP contribution in [0, 0.1) is 5.41 Å². The van der Waals surface area contributed by atoms with Crippen LogP contribution >= 0.6 is 0 Å². The van der Waals surface area contributed by atoms with E-state index in [1.54, 1.807) is 36.4 Å². The minimum Gasteiger partial charge on any atom is -0.481 e. The maximum absolute atomic E-state index is 12.0. The summed E-state index contributed by atoms with van der Waals surface area (Å²) in [6, 6.07) is 14.0. The molecule has 8 nitrogen and oxygen atoms in total. The Labute approximate surface area is 162 Å². The Kier molecular flexibility index (Phi) is 7.27. The Bertz CT molecular complexity index is 860. The van der Waals surface area contributed by atoms with Crippen LogP contribution in [0.15, 0.2) is 48.5 Å². The van der Waals surface area contributed by atoms with Gasteiger partial charge in [0.25, 0.3) is 5.91 Å². The zero-order valence-corrected chi connectivity index (χ0v) is 15.3. The van der Waals surface area contributed by atoms with Crippen molar-refractivity contribution in [1.29, 1.82) is 5.41 Å².